The van der Waals surface area contributed by atoms with Crippen LogP contribution in [0.5, 0.6) is 0 Å². The summed E-state index contributed by atoms with van der Waals surface area (Å²) in [5.41, 5.74) is 0.836. The number of nitrogens with zero attached hydrogens (tertiary/aromatic N) is 2. The first-order valence-electron chi connectivity index (χ1n) is 7.37. The summed E-state index contributed by atoms with van der Waals surface area (Å²) in [6.07, 6.45) is 3.34. The maximum Gasteiger partial charge on any atom is 0.325 e. The van der Waals surface area contributed by atoms with Crippen molar-refractivity contribution in [3.8, 4) is 0 Å². The van der Waals surface area contributed by atoms with Crippen molar-refractivity contribution in [1.29, 1.82) is 0 Å². The fourth-order valence-electron chi connectivity index (χ4n) is 2.69. The summed E-state index contributed by atoms with van der Waals surface area (Å²) in [5.74, 6) is 0.396. The fraction of sp³-hybridized carbons (Fsp3) is 0.312. The monoisotopic (exact) mass is 331 g/mol. The van der Waals surface area contributed by atoms with Crippen LogP contribution in [-0.2, 0) is 9.53 Å². The quantitative estimate of drug-likeness (QED) is 0.665. The third kappa shape index (κ3) is 3.19. The van der Waals surface area contributed by atoms with Gasteiger partial charge in [0.1, 0.15) is 18.3 Å². The van der Waals surface area contributed by atoms with Crippen LogP contribution in [0.1, 0.15) is 30.5 Å². The number of hydrogen-bond donors (Lipinski definition) is 1. The van der Waals surface area contributed by atoms with Crippen LogP contribution in [0.2, 0.25) is 0 Å². The van der Waals surface area contributed by atoms with Gasteiger partial charge in [0.2, 0.25) is 0 Å². The summed E-state index contributed by atoms with van der Waals surface area (Å²) in [5, 5.41) is 3.71. The number of pyridine rings is 1. The minimum absolute atomic E-state index is 0.0639. The Bertz CT molecular complexity index is 675. The van der Waals surface area contributed by atoms with Crippen LogP contribution in [0.25, 0.3) is 0 Å². The number of rotatable bonds is 5. The Hall–Kier alpha value is -2.41. The van der Waals surface area contributed by atoms with Gasteiger partial charge in [-0.1, -0.05) is 6.07 Å². The van der Waals surface area contributed by atoms with Crippen molar-refractivity contribution in [2.24, 2.45) is 0 Å². The molecule has 120 valence electrons. The molecule has 3 heterocycles. The van der Waals surface area contributed by atoms with E-state index in [0.717, 1.165) is 11.5 Å². The number of nitrogens with one attached hydrogen (secondary N) is 1. The van der Waals surface area contributed by atoms with Crippen molar-refractivity contribution < 1.29 is 13.9 Å². The number of hydrogen-bond acceptors (Lipinski definition) is 5. The molecule has 0 aliphatic carbocycles. The molecule has 1 aliphatic heterocycles. The van der Waals surface area contributed by atoms with Gasteiger partial charge < -0.3 is 19.4 Å². The normalized spacial score (nSPS) is 20.4. The molecule has 0 aromatic carbocycles. The number of furan rings is 1. The Kier molecular flexibility index (Phi) is 4.57. The lowest BCUT2D eigenvalue weighted by atomic mass is 10.0. The molecule has 2 unspecified atom stereocenters. The van der Waals surface area contributed by atoms with E-state index in [2.05, 4.69) is 10.3 Å². The topological polar surface area (TPSA) is 67.6 Å². The largest absolute Gasteiger partial charge is 0.467 e. The van der Waals surface area contributed by atoms with Crippen LogP contribution in [0.3, 0.4) is 0 Å². The third-order valence-corrected chi connectivity index (χ3v) is 3.99. The highest BCUT2D eigenvalue weighted by Crippen LogP contribution is 2.38. The van der Waals surface area contributed by atoms with E-state index in [9.17, 15) is 4.79 Å². The Morgan fingerprint density at radius 2 is 2.30 bits per heavy atom. The van der Waals surface area contributed by atoms with Crippen molar-refractivity contribution in [1.82, 2.24) is 15.2 Å². The first-order chi connectivity index (χ1) is 11.2. The number of aromatic nitrogens is 1. The average Bonchev–Trinajstić information content (AvgIpc) is 3.17. The highest BCUT2D eigenvalue weighted by atomic mass is 32.1. The van der Waals surface area contributed by atoms with Crippen molar-refractivity contribution >= 4 is 23.3 Å². The molecule has 7 heteroatoms. The smallest absolute Gasteiger partial charge is 0.325 e. The summed E-state index contributed by atoms with van der Waals surface area (Å²) in [7, 11) is 0. The maximum atomic E-state index is 11.9. The van der Waals surface area contributed by atoms with Crippen LogP contribution in [0.4, 0.5) is 0 Å². The standard InChI is InChI=1S/C16H17N3O3S/c1-2-21-13(20)10-19-15(12-7-5-9-22-12)14(18-16(19)23)11-6-3-4-8-17-11/h3-9,14-15H,2,10H2,1H3,(H,18,23). The van der Waals surface area contributed by atoms with E-state index in [1.54, 1.807) is 24.3 Å². The second-order valence-corrected chi connectivity index (χ2v) is 5.46. The van der Waals surface area contributed by atoms with Crippen LogP contribution in [-0.4, -0.2) is 34.1 Å². The summed E-state index contributed by atoms with van der Waals surface area (Å²) in [6.45, 7) is 2.18. The van der Waals surface area contributed by atoms with E-state index < -0.39 is 0 Å². The molecule has 6 nitrogen and oxygen atoms in total. The van der Waals surface area contributed by atoms with E-state index in [1.807, 2.05) is 30.3 Å². The van der Waals surface area contributed by atoms with Gasteiger partial charge in [-0.15, -0.1) is 0 Å². The predicted molar refractivity (Wildman–Crippen MR) is 87.5 cm³/mol. The lowest BCUT2D eigenvalue weighted by Crippen LogP contribution is -2.35. The molecule has 2 aromatic heterocycles. The summed E-state index contributed by atoms with van der Waals surface area (Å²) < 4.78 is 10.6. The van der Waals surface area contributed by atoms with Gasteiger partial charge in [0.25, 0.3) is 0 Å². The third-order valence-electron chi connectivity index (χ3n) is 3.64. The van der Waals surface area contributed by atoms with Gasteiger partial charge in [-0.3, -0.25) is 9.78 Å². The van der Waals surface area contributed by atoms with E-state index in [0.29, 0.717) is 11.7 Å². The molecule has 0 amide bonds. The SMILES string of the molecule is CCOC(=O)CN1C(=S)NC(c2ccccn2)C1c1ccco1. The zero-order chi connectivity index (χ0) is 16.2. The predicted octanol–water partition coefficient (Wildman–Crippen LogP) is 2.21. The average molecular weight is 331 g/mol. The van der Waals surface area contributed by atoms with E-state index in [4.69, 9.17) is 21.4 Å². The second kappa shape index (κ2) is 6.78. The molecular formula is C16H17N3O3S. The Morgan fingerprint density at radius 1 is 1.43 bits per heavy atom. The molecule has 2 atom stereocenters. The first-order valence-corrected chi connectivity index (χ1v) is 7.78. The minimum atomic E-state index is -0.324. The maximum absolute atomic E-state index is 11.9. The summed E-state index contributed by atoms with van der Waals surface area (Å²) >= 11 is 5.41. The Labute approximate surface area is 139 Å². The van der Waals surface area contributed by atoms with E-state index >= 15 is 0 Å². The molecule has 1 N–H and O–H groups in total. The number of carbonyl (C=O) groups is 1. The number of carbonyl (C=O) groups excluding carboxylic acids is 1. The van der Waals surface area contributed by atoms with Gasteiger partial charge in [0, 0.05) is 6.20 Å². The summed E-state index contributed by atoms with van der Waals surface area (Å²) in [4.78, 5) is 18.1. The molecule has 0 radical (unpaired) electrons. The highest BCUT2D eigenvalue weighted by molar-refractivity contribution is 7.80. The second-order valence-electron chi connectivity index (χ2n) is 5.07. The lowest BCUT2D eigenvalue weighted by molar-refractivity contribution is -0.143. The van der Waals surface area contributed by atoms with Gasteiger partial charge in [0.05, 0.1) is 24.6 Å². The van der Waals surface area contributed by atoms with Gasteiger partial charge in [-0.25, -0.2) is 0 Å². The van der Waals surface area contributed by atoms with Crippen molar-refractivity contribution in [2.45, 2.75) is 19.0 Å². The Morgan fingerprint density at radius 3 is 2.96 bits per heavy atom. The van der Waals surface area contributed by atoms with Gasteiger partial charge >= 0.3 is 5.97 Å². The van der Waals surface area contributed by atoms with Crippen LogP contribution in [0, 0.1) is 0 Å². The molecule has 0 saturated carbocycles. The molecule has 0 bridgehead atoms. The molecule has 3 rings (SSSR count). The minimum Gasteiger partial charge on any atom is -0.467 e. The van der Waals surface area contributed by atoms with Crippen molar-refractivity contribution in [2.75, 3.05) is 13.2 Å². The molecule has 0 spiro atoms. The van der Waals surface area contributed by atoms with Crippen molar-refractivity contribution in [3.63, 3.8) is 0 Å². The first kappa shape index (κ1) is 15.5. The van der Waals surface area contributed by atoms with Crippen LogP contribution < -0.4 is 5.32 Å². The van der Waals surface area contributed by atoms with E-state index in [1.165, 1.54) is 0 Å². The lowest BCUT2D eigenvalue weighted by Gasteiger charge is -2.24. The van der Waals surface area contributed by atoms with Gasteiger partial charge in [-0.2, -0.15) is 0 Å². The fourth-order valence-corrected chi connectivity index (χ4v) is 3.00. The number of ether oxygens (including phenoxy) is 1. The number of esters is 1. The molecule has 2 aromatic rings. The van der Waals surface area contributed by atoms with Gasteiger partial charge in [0.15, 0.2) is 5.11 Å². The summed E-state index contributed by atoms with van der Waals surface area (Å²) in [6, 6.07) is 8.93. The molecule has 23 heavy (non-hydrogen) atoms. The molecule has 1 fully saturated rings. The van der Waals surface area contributed by atoms with E-state index in [-0.39, 0.29) is 24.6 Å². The zero-order valence-corrected chi connectivity index (χ0v) is 13.5. The molecule has 1 aliphatic rings. The molecule has 1 saturated heterocycles. The molecular weight excluding hydrogens is 314 g/mol. The Balaban J connectivity index is 1.92. The van der Waals surface area contributed by atoms with Crippen LogP contribution in [0.15, 0.2) is 47.2 Å². The van der Waals surface area contributed by atoms with Gasteiger partial charge in [-0.05, 0) is 43.4 Å². The number of thiocarbonyl (C=S) groups is 1. The zero-order valence-electron chi connectivity index (χ0n) is 12.6. The van der Waals surface area contributed by atoms with Crippen LogP contribution >= 0.6 is 12.2 Å². The highest BCUT2D eigenvalue weighted by Gasteiger charge is 2.42. The van der Waals surface area contributed by atoms with Crippen molar-refractivity contribution in [3.05, 3.63) is 54.2 Å².